The fourth-order valence-corrected chi connectivity index (χ4v) is 3.81. The minimum atomic E-state index is -0.0270. The molecule has 0 spiro atoms. The Hall–Kier alpha value is -2.53. The molecule has 1 N–H and O–H groups in total. The van der Waals surface area contributed by atoms with Gasteiger partial charge in [0.15, 0.2) is 0 Å². The van der Waals surface area contributed by atoms with Gasteiger partial charge in [-0.15, -0.1) is 0 Å². The predicted octanol–water partition coefficient (Wildman–Crippen LogP) is 3.83. The van der Waals surface area contributed by atoms with Crippen molar-refractivity contribution in [2.75, 3.05) is 40.9 Å². The summed E-state index contributed by atoms with van der Waals surface area (Å²) >= 11 is 0. The predicted molar refractivity (Wildman–Crippen MR) is 112 cm³/mol. The van der Waals surface area contributed by atoms with E-state index in [4.69, 9.17) is 9.47 Å². The molecule has 1 aliphatic rings. The van der Waals surface area contributed by atoms with Gasteiger partial charge in [0.1, 0.15) is 11.5 Å². The van der Waals surface area contributed by atoms with Crippen LogP contribution in [0.25, 0.3) is 11.1 Å². The monoisotopic (exact) mass is 382 g/mol. The molecule has 1 aliphatic heterocycles. The van der Waals surface area contributed by atoms with E-state index in [1.807, 2.05) is 42.5 Å². The molecule has 0 radical (unpaired) electrons. The quantitative estimate of drug-likeness (QED) is 0.791. The van der Waals surface area contributed by atoms with Crippen LogP contribution in [0.1, 0.15) is 29.6 Å². The molecule has 0 saturated carbocycles. The van der Waals surface area contributed by atoms with Crippen molar-refractivity contribution in [3.8, 4) is 22.6 Å². The van der Waals surface area contributed by atoms with Crippen molar-refractivity contribution in [2.24, 2.45) is 5.92 Å². The van der Waals surface area contributed by atoms with Gasteiger partial charge in [-0.25, -0.2) is 0 Å². The maximum Gasteiger partial charge on any atom is 0.251 e. The number of ether oxygens (including phenoxy) is 2. The van der Waals surface area contributed by atoms with Gasteiger partial charge in [0.25, 0.3) is 5.91 Å². The number of hydrogen-bond acceptors (Lipinski definition) is 4. The largest absolute Gasteiger partial charge is 0.497 e. The molecule has 5 nitrogen and oxygen atoms in total. The van der Waals surface area contributed by atoms with E-state index in [-0.39, 0.29) is 5.91 Å². The summed E-state index contributed by atoms with van der Waals surface area (Å²) in [5.41, 5.74) is 2.58. The average molecular weight is 383 g/mol. The molecule has 1 fully saturated rings. The number of hydrogen-bond donors (Lipinski definition) is 1. The molecule has 5 heteroatoms. The molecule has 2 aromatic carbocycles. The SMILES string of the molecule is COc1cc(OC)cc(-c2cccc(C(=O)NCC[C@H]3CCCN(C)C3)c2)c1. The van der Waals surface area contributed by atoms with Gasteiger partial charge < -0.3 is 19.7 Å². The van der Waals surface area contributed by atoms with E-state index in [9.17, 15) is 4.79 Å². The van der Waals surface area contributed by atoms with E-state index < -0.39 is 0 Å². The van der Waals surface area contributed by atoms with Crippen molar-refractivity contribution < 1.29 is 14.3 Å². The highest BCUT2D eigenvalue weighted by molar-refractivity contribution is 5.95. The van der Waals surface area contributed by atoms with E-state index in [0.29, 0.717) is 18.0 Å². The number of rotatable bonds is 7. The van der Waals surface area contributed by atoms with Crippen molar-refractivity contribution in [1.29, 1.82) is 0 Å². The summed E-state index contributed by atoms with van der Waals surface area (Å²) in [6.45, 7) is 3.03. The molecule has 1 saturated heterocycles. The van der Waals surface area contributed by atoms with Gasteiger partial charge in [-0.3, -0.25) is 4.79 Å². The Bertz CT molecular complexity index is 784. The second kappa shape index (κ2) is 9.60. The van der Waals surface area contributed by atoms with Gasteiger partial charge >= 0.3 is 0 Å². The van der Waals surface area contributed by atoms with E-state index in [1.165, 1.54) is 19.4 Å². The summed E-state index contributed by atoms with van der Waals surface area (Å²) in [7, 11) is 5.43. The average Bonchev–Trinajstić information content (AvgIpc) is 2.73. The first-order valence-corrected chi connectivity index (χ1v) is 9.89. The molecule has 0 aromatic heterocycles. The third kappa shape index (κ3) is 5.26. The highest BCUT2D eigenvalue weighted by Crippen LogP contribution is 2.30. The molecular formula is C23H30N2O3. The van der Waals surface area contributed by atoms with Gasteiger partial charge in [0.2, 0.25) is 0 Å². The van der Waals surface area contributed by atoms with Crippen LogP contribution in [0, 0.1) is 5.92 Å². The van der Waals surface area contributed by atoms with Crippen molar-refractivity contribution in [1.82, 2.24) is 10.2 Å². The standard InChI is InChI=1S/C23H30N2O3/c1-25-11-5-6-17(16-25)9-10-24-23(26)19-8-4-7-18(12-19)20-13-21(27-2)15-22(14-20)28-3/h4,7-8,12-15,17H,5-6,9-11,16H2,1-3H3,(H,24,26)/t17-/m1/s1. The Labute approximate surface area is 167 Å². The van der Waals surface area contributed by atoms with Crippen LogP contribution in [-0.2, 0) is 0 Å². The van der Waals surface area contributed by atoms with Crippen LogP contribution < -0.4 is 14.8 Å². The maximum absolute atomic E-state index is 12.6. The maximum atomic E-state index is 12.6. The van der Waals surface area contributed by atoms with E-state index in [0.717, 1.165) is 35.6 Å². The zero-order valence-electron chi connectivity index (χ0n) is 17.0. The molecule has 0 aliphatic carbocycles. The summed E-state index contributed by atoms with van der Waals surface area (Å²) in [5.74, 6) is 2.10. The number of benzene rings is 2. The number of methoxy groups -OCH3 is 2. The number of nitrogens with one attached hydrogen (secondary N) is 1. The van der Waals surface area contributed by atoms with Gasteiger partial charge in [-0.05, 0) is 74.2 Å². The van der Waals surface area contributed by atoms with Gasteiger partial charge in [0.05, 0.1) is 14.2 Å². The smallest absolute Gasteiger partial charge is 0.251 e. The Morgan fingerprint density at radius 3 is 2.54 bits per heavy atom. The van der Waals surface area contributed by atoms with Crippen LogP contribution in [0.3, 0.4) is 0 Å². The van der Waals surface area contributed by atoms with Crippen LogP contribution in [0.4, 0.5) is 0 Å². The van der Waals surface area contributed by atoms with E-state index >= 15 is 0 Å². The van der Waals surface area contributed by atoms with Crippen molar-refractivity contribution in [2.45, 2.75) is 19.3 Å². The molecule has 1 amide bonds. The molecule has 150 valence electrons. The molecule has 28 heavy (non-hydrogen) atoms. The zero-order valence-corrected chi connectivity index (χ0v) is 17.0. The third-order valence-corrected chi connectivity index (χ3v) is 5.37. The highest BCUT2D eigenvalue weighted by atomic mass is 16.5. The first-order chi connectivity index (χ1) is 13.6. The van der Waals surface area contributed by atoms with Crippen molar-refractivity contribution in [3.63, 3.8) is 0 Å². The Kier molecular flexibility index (Phi) is 6.93. The van der Waals surface area contributed by atoms with Crippen molar-refractivity contribution in [3.05, 3.63) is 48.0 Å². The van der Waals surface area contributed by atoms with Crippen LogP contribution >= 0.6 is 0 Å². The lowest BCUT2D eigenvalue weighted by Gasteiger charge is -2.29. The Balaban J connectivity index is 1.65. The van der Waals surface area contributed by atoms with Crippen LogP contribution in [-0.4, -0.2) is 51.7 Å². The molecule has 1 atom stereocenters. The summed E-state index contributed by atoms with van der Waals surface area (Å²) in [5, 5.41) is 3.08. The highest BCUT2D eigenvalue weighted by Gasteiger charge is 2.17. The first-order valence-electron chi connectivity index (χ1n) is 9.89. The second-order valence-electron chi connectivity index (χ2n) is 7.50. The summed E-state index contributed by atoms with van der Waals surface area (Å²) in [6.07, 6.45) is 3.54. The molecule has 3 rings (SSSR count). The van der Waals surface area contributed by atoms with Crippen LogP contribution in [0.15, 0.2) is 42.5 Å². The van der Waals surface area contributed by atoms with Crippen LogP contribution in [0.2, 0.25) is 0 Å². The minimum Gasteiger partial charge on any atom is -0.497 e. The number of amides is 1. The topological polar surface area (TPSA) is 50.8 Å². The summed E-state index contributed by atoms with van der Waals surface area (Å²) in [4.78, 5) is 15.0. The molecular weight excluding hydrogens is 352 g/mol. The Morgan fingerprint density at radius 2 is 1.86 bits per heavy atom. The molecule has 1 heterocycles. The number of carbonyl (C=O) groups is 1. The van der Waals surface area contributed by atoms with E-state index in [2.05, 4.69) is 17.3 Å². The zero-order chi connectivity index (χ0) is 19.9. The normalized spacial score (nSPS) is 17.2. The lowest BCUT2D eigenvalue weighted by Crippen LogP contribution is -2.34. The number of nitrogens with zero attached hydrogens (tertiary/aromatic N) is 1. The molecule has 2 aromatic rings. The molecule has 0 bridgehead atoms. The fraction of sp³-hybridized carbons (Fsp3) is 0.435. The first kappa shape index (κ1) is 20.2. The number of likely N-dealkylation sites (tertiary alicyclic amines) is 1. The number of piperidine rings is 1. The van der Waals surface area contributed by atoms with Gasteiger partial charge in [0, 0.05) is 24.7 Å². The fourth-order valence-electron chi connectivity index (χ4n) is 3.81. The van der Waals surface area contributed by atoms with Gasteiger partial charge in [-0.1, -0.05) is 12.1 Å². The van der Waals surface area contributed by atoms with Crippen molar-refractivity contribution >= 4 is 5.91 Å². The lowest BCUT2D eigenvalue weighted by atomic mass is 9.95. The summed E-state index contributed by atoms with van der Waals surface area (Å²) < 4.78 is 10.7. The van der Waals surface area contributed by atoms with Gasteiger partial charge in [-0.2, -0.15) is 0 Å². The lowest BCUT2D eigenvalue weighted by molar-refractivity contribution is 0.0948. The minimum absolute atomic E-state index is 0.0270. The van der Waals surface area contributed by atoms with Crippen LogP contribution in [0.5, 0.6) is 11.5 Å². The second-order valence-corrected chi connectivity index (χ2v) is 7.50. The molecule has 0 unspecified atom stereocenters. The number of carbonyl (C=O) groups excluding carboxylic acids is 1. The summed E-state index contributed by atoms with van der Waals surface area (Å²) in [6, 6.07) is 13.4. The van der Waals surface area contributed by atoms with E-state index in [1.54, 1.807) is 14.2 Å². The Morgan fingerprint density at radius 1 is 1.11 bits per heavy atom. The third-order valence-electron chi connectivity index (χ3n) is 5.37.